The summed E-state index contributed by atoms with van der Waals surface area (Å²) in [5.74, 6) is 1.40. The summed E-state index contributed by atoms with van der Waals surface area (Å²) in [6.45, 7) is 4.25. The van der Waals surface area contributed by atoms with Gasteiger partial charge in [0.1, 0.15) is 0 Å². The molecule has 0 aliphatic carbocycles. The van der Waals surface area contributed by atoms with Crippen molar-refractivity contribution in [3.05, 3.63) is 16.1 Å². The normalized spacial score (nSPS) is 13.2. The molecule has 74 valence electrons. The van der Waals surface area contributed by atoms with Crippen LogP contribution in [0.25, 0.3) is 0 Å². The van der Waals surface area contributed by atoms with Gasteiger partial charge in [-0.15, -0.1) is 22.9 Å². The van der Waals surface area contributed by atoms with E-state index in [2.05, 4.69) is 11.9 Å². The van der Waals surface area contributed by atoms with Gasteiger partial charge in [-0.1, -0.05) is 13.3 Å². The number of alkyl halides is 1. The van der Waals surface area contributed by atoms with Crippen LogP contribution in [0, 0.1) is 12.8 Å². The Kier molecular flexibility index (Phi) is 4.74. The molecule has 1 nitrogen and oxygen atoms in total. The van der Waals surface area contributed by atoms with E-state index >= 15 is 0 Å². The lowest BCUT2D eigenvalue weighted by atomic mass is 10.0. The molecular weight excluding hydrogens is 202 g/mol. The summed E-state index contributed by atoms with van der Waals surface area (Å²) in [5.41, 5.74) is 0. The van der Waals surface area contributed by atoms with Gasteiger partial charge in [-0.05, 0) is 25.7 Å². The highest BCUT2D eigenvalue weighted by molar-refractivity contribution is 7.11. The number of thiazole rings is 1. The summed E-state index contributed by atoms with van der Waals surface area (Å²) < 4.78 is 0. The molecule has 1 heterocycles. The van der Waals surface area contributed by atoms with E-state index < -0.39 is 0 Å². The summed E-state index contributed by atoms with van der Waals surface area (Å²) in [5, 5.41) is 1.15. The van der Waals surface area contributed by atoms with Gasteiger partial charge in [0.15, 0.2) is 0 Å². The van der Waals surface area contributed by atoms with Crippen molar-refractivity contribution in [2.75, 3.05) is 5.88 Å². The van der Waals surface area contributed by atoms with Crippen molar-refractivity contribution < 1.29 is 0 Å². The first kappa shape index (κ1) is 11.0. The number of aromatic nitrogens is 1. The molecule has 0 saturated carbocycles. The van der Waals surface area contributed by atoms with Crippen LogP contribution in [0.3, 0.4) is 0 Å². The zero-order valence-electron chi connectivity index (χ0n) is 8.22. The quantitative estimate of drug-likeness (QED) is 0.687. The van der Waals surface area contributed by atoms with E-state index in [0.717, 1.165) is 17.3 Å². The molecule has 1 rings (SSSR count). The maximum Gasteiger partial charge on any atom is 0.0896 e. The van der Waals surface area contributed by atoms with Gasteiger partial charge in [0, 0.05) is 17.0 Å². The third-order valence-electron chi connectivity index (χ3n) is 2.07. The number of nitrogens with zero attached hydrogens (tertiary/aromatic N) is 1. The number of rotatable bonds is 5. The second-order valence-corrected chi connectivity index (χ2v) is 4.99. The molecule has 0 radical (unpaired) electrons. The minimum atomic E-state index is 0.631. The largest absolute Gasteiger partial charge is 0.250 e. The van der Waals surface area contributed by atoms with Gasteiger partial charge in [-0.25, -0.2) is 4.98 Å². The van der Waals surface area contributed by atoms with Crippen LogP contribution in [0.15, 0.2) is 6.20 Å². The minimum absolute atomic E-state index is 0.631. The van der Waals surface area contributed by atoms with Gasteiger partial charge in [-0.2, -0.15) is 0 Å². The lowest BCUT2D eigenvalue weighted by Gasteiger charge is -2.09. The monoisotopic (exact) mass is 217 g/mol. The second kappa shape index (κ2) is 5.61. The predicted molar refractivity (Wildman–Crippen MR) is 59.7 cm³/mol. The van der Waals surface area contributed by atoms with Gasteiger partial charge < -0.3 is 0 Å². The molecule has 1 aromatic heterocycles. The molecule has 1 unspecified atom stereocenters. The van der Waals surface area contributed by atoms with E-state index in [1.807, 2.05) is 13.1 Å². The first-order chi connectivity index (χ1) is 6.26. The van der Waals surface area contributed by atoms with E-state index in [-0.39, 0.29) is 0 Å². The smallest absolute Gasteiger partial charge is 0.0896 e. The first-order valence-corrected chi connectivity index (χ1v) is 6.08. The standard InChI is InChI=1S/C10H16ClNS/c1-3-4-9(6-11)5-10-7-12-8(2)13-10/h7,9H,3-6H2,1-2H3. The molecule has 1 aromatic rings. The number of aryl methyl sites for hydroxylation is 1. The minimum Gasteiger partial charge on any atom is -0.250 e. The van der Waals surface area contributed by atoms with Crippen LogP contribution in [0.4, 0.5) is 0 Å². The van der Waals surface area contributed by atoms with E-state index in [9.17, 15) is 0 Å². The van der Waals surface area contributed by atoms with Crippen molar-refractivity contribution in [2.24, 2.45) is 5.92 Å². The topological polar surface area (TPSA) is 12.9 Å². The third kappa shape index (κ3) is 3.65. The highest BCUT2D eigenvalue weighted by atomic mass is 35.5. The van der Waals surface area contributed by atoms with Crippen LogP contribution < -0.4 is 0 Å². The fourth-order valence-corrected chi connectivity index (χ4v) is 2.60. The highest BCUT2D eigenvalue weighted by Gasteiger charge is 2.08. The Bertz CT molecular complexity index is 247. The van der Waals surface area contributed by atoms with Crippen LogP contribution >= 0.6 is 22.9 Å². The maximum absolute atomic E-state index is 5.89. The van der Waals surface area contributed by atoms with Crippen LogP contribution in [0.1, 0.15) is 29.7 Å². The van der Waals surface area contributed by atoms with Gasteiger partial charge in [-0.3, -0.25) is 0 Å². The molecule has 0 spiro atoms. The van der Waals surface area contributed by atoms with Crippen LogP contribution in [0.2, 0.25) is 0 Å². The molecule has 1 atom stereocenters. The van der Waals surface area contributed by atoms with Crippen molar-refractivity contribution in [1.82, 2.24) is 4.98 Å². The van der Waals surface area contributed by atoms with Crippen LogP contribution in [0.5, 0.6) is 0 Å². The molecule has 0 aliphatic heterocycles. The van der Waals surface area contributed by atoms with E-state index in [1.165, 1.54) is 17.7 Å². The SMILES string of the molecule is CCCC(CCl)Cc1cnc(C)s1. The molecule has 0 aliphatic rings. The molecule has 0 N–H and O–H groups in total. The van der Waals surface area contributed by atoms with Gasteiger partial charge >= 0.3 is 0 Å². The predicted octanol–water partition coefficient (Wildman–Crippen LogP) is 3.65. The molecule has 3 heteroatoms. The molecule has 0 fully saturated rings. The second-order valence-electron chi connectivity index (χ2n) is 3.36. The summed E-state index contributed by atoms with van der Waals surface area (Å²) in [6, 6.07) is 0. The summed E-state index contributed by atoms with van der Waals surface area (Å²) in [6.07, 6.45) is 5.52. The number of halogens is 1. The highest BCUT2D eigenvalue weighted by Crippen LogP contribution is 2.20. The number of hydrogen-bond donors (Lipinski definition) is 0. The van der Waals surface area contributed by atoms with Crippen molar-refractivity contribution in [1.29, 1.82) is 0 Å². The Hall–Kier alpha value is -0.0800. The first-order valence-electron chi connectivity index (χ1n) is 4.73. The molecular formula is C10H16ClNS. The fraction of sp³-hybridized carbons (Fsp3) is 0.700. The molecule has 0 aromatic carbocycles. The summed E-state index contributed by atoms with van der Waals surface area (Å²) in [7, 11) is 0. The third-order valence-corrected chi connectivity index (χ3v) is 3.45. The molecule has 13 heavy (non-hydrogen) atoms. The lowest BCUT2D eigenvalue weighted by molar-refractivity contribution is 0.531. The van der Waals surface area contributed by atoms with Crippen molar-refractivity contribution in [3.63, 3.8) is 0 Å². The summed E-state index contributed by atoms with van der Waals surface area (Å²) in [4.78, 5) is 5.61. The molecule has 0 saturated heterocycles. The Labute approximate surface area is 89.1 Å². The van der Waals surface area contributed by atoms with Gasteiger partial charge in [0.25, 0.3) is 0 Å². The van der Waals surface area contributed by atoms with Crippen molar-refractivity contribution in [2.45, 2.75) is 33.1 Å². The van der Waals surface area contributed by atoms with Crippen molar-refractivity contribution >= 4 is 22.9 Å². The Balaban J connectivity index is 2.46. The lowest BCUT2D eigenvalue weighted by Crippen LogP contribution is -2.04. The van der Waals surface area contributed by atoms with E-state index in [0.29, 0.717) is 5.92 Å². The Morgan fingerprint density at radius 2 is 2.38 bits per heavy atom. The Morgan fingerprint density at radius 1 is 1.62 bits per heavy atom. The van der Waals surface area contributed by atoms with E-state index in [1.54, 1.807) is 11.3 Å². The van der Waals surface area contributed by atoms with Crippen LogP contribution in [-0.4, -0.2) is 10.9 Å². The summed E-state index contributed by atoms with van der Waals surface area (Å²) >= 11 is 7.67. The Morgan fingerprint density at radius 3 is 2.85 bits per heavy atom. The average Bonchev–Trinajstić information content (AvgIpc) is 2.50. The van der Waals surface area contributed by atoms with Crippen LogP contribution in [-0.2, 0) is 6.42 Å². The zero-order chi connectivity index (χ0) is 9.68. The fourth-order valence-electron chi connectivity index (χ4n) is 1.43. The number of hydrogen-bond acceptors (Lipinski definition) is 2. The van der Waals surface area contributed by atoms with Gasteiger partial charge in [0.05, 0.1) is 5.01 Å². The molecule has 0 bridgehead atoms. The molecule has 0 amide bonds. The van der Waals surface area contributed by atoms with E-state index in [4.69, 9.17) is 11.6 Å². The maximum atomic E-state index is 5.89. The van der Waals surface area contributed by atoms with Gasteiger partial charge in [0.2, 0.25) is 0 Å². The van der Waals surface area contributed by atoms with Crippen molar-refractivity contribution in [3.8, 4) is 0 Å². The average molecular weight is 218 g/mol. The zero-order valence-corrected chi connectivity index (χ0v) is 9.79.